The summed E-state index contributed by atoms with van der Waals surface area (Å²) in [6.07, 6.45) is 0. The Hall–Kier alpha value is -9.65. The minimum absolute atomic E-state index is 0. The quantitative estimate of drug-likeness (QED) is 0.0453. The number of benzene rings is 13. The van der Waals surface area contributed by atoms with Gasteiger partial charge in [-0.2, -0.15) is 178 Å². The molecule has 0 aliphatic rings. The van der Waals surface area contributed by atoms with Gasteiger partial charge in [-0.25, -0.2) is 0 Å². The van der Waals surface area contributed by atoms with Crippen molar-refractivity contribution in [3.05, 3.63) is 501 Å². The van der Waals surface area contributed by atoms with Crippen molar-refractivity contribution in [1.29, 1.82) is 0 Å². The predicted molar refractivity (Wildman–Crippen MR) is 434 cm³/mol. The zero-order valence-electron chi connectivity index (χ0n) is 59.4. The Morgan fingerprint density at radius 1 is 0.337 bits per heavy atom. The van der Waals surface area contributed by atoms with E-state index in [9.17, 15) is 0 Å². The van der Waals surface area contributed by atoms with Gasteiger partial charge in [-0.1, -0.05) is 213 Å². The van der Waals surface area contributed by atoms with E-state index in [0.29, 0.717) is 13.1 Å². The molecule has 0 saturated heterocycles. The van der Waals surface area contributed by atoms with Gasteiger partial charge in [0.15, 0.2) is 0 Å². The van der Waals surface area contributed by atoms with Crippen LogP contribution in [0.4, 0.5) is 11.4 Å². The first-order valence-electron chi connectivity index (χ1n) is 33.0. The van der Waals surface area contributed by atoms with Crippen LogP contribution in [0.5, 0.6) is 0 Å². The summed E-state index contributed by atoms with van der Waals surface area (Å²) in [7, 11) is -0.787. The molecule has 0 aliphatic carbocycles. The third-order valence-electron chi connectivity index (χ3n) is 13.8. The fourth-order valence-electron chi connectivity index (χ4n) is 9.14. The third kappa shape index (κ3) is 40.3. The van der Waals surface area contributed by atoms with Gasteiger partial charge < -0.3 is 16.0 Å². The van der Waals surface area contributed by atoms with Gasteiger partial charge in [-0.05, 0) is 74.1 Å². The molecule has 0 spiro atoms. The Balaban J connectivity index is 0.000000322. The second-order valence-electron chi connectivity index (χ2n) is 23.0. The molecule has 13 aromatic carbocycles. The molecule has 0 amide bonds. The molecule has 0 fully saturated rings. The van der Waals surface area contributed by atoms with Crippen molar-refractivity contribution in [3.8, 4) is 0 Å². The first-order valence-corrected chi connectivity index (χ1v) is 34.4. The molecule has 0 heterocycles. The molecule has 7 heteroatoms. The molecular formula is C94H96Hf2N4P-5. The number of aryl methyl sites for hydroxylation is 4. The third-order valence-corrected chi connectivity index (χ3v) is 16.3. The standard InChI is InChI=1S/C28H27N2P.C17H20N2.7C7H7.2Hf/c1-22-18-23(2)20-25(19-22)30-28(29-21-24-12-6-3-7-13-24)31(26-14-8-4-9-15-26)27-16-10-5-11-17-27;1-13-9-14(2)11-17(10-13)19-15(3)18-12-16-7-5-4-6-8-16;7*1-7-5-3-2-4-6-7;;/h3-20,28H,21H2,1-2H3;4-11H,12H2,1-3H3,(H,18,19);7*2-6H,1H2;;/q-2;;7*-1;;+4. The Bertz CT molecular complexity index is 3690. The van der Waals surface area contributed by atoms with Crippen molar-refractivity contribution in [2.75, 3.05) is 5.32 Å². The van der Waals surface area contributed by atoms with Crippen LogP contribution < -0.4 is 15.9 Å². The van der Waals surface area contributed by atoms with Crippen LogP contribution in [0.25, 0.3) is 10.6 Å². The van der Waals surface area contributed by atoms with Crippen LogP contribution >= 0.6 is 7.92 Å². The van der Waals surface area contributed by atoms with Gasteiger partial charge >= 0.3 is 25.8 Å². The molecule has 0 saturated carbocycles. The number of amidine groups is 1. The fourth-order valence-corrected chi connectivity index (χ4v) is 11.4. The molecule has 0 radical (unpaired) electrons. The molecule has 1 unspecified atom stereocenters. The van der Waals surface area contributed by atoms with Gasteiger partial charge in [0.1, 0.15) is 0 Å². The predicted octanol–water partition coefficient (Wildman–Crippen LogP) is 24.7. The molecule has 4 nitrogen and oxygen atoms in total. The van der Waals surface area contributed by atoms with E-state index in [2.05, 4.69) is 220 Å². The second-order valence-corrected chi connectivity index (χ2v) is 25.2. The van der Waals surface area contributed by atoms with E-state index >= 15 is 0 Å². The van der Waals surface area contributed by atoms with E-state index in [0.717, 1.165) is 56.2 Å². The van der Waals surface area contributed by atoms with E-state index in [1.165, 1.54) is 44.0 Å². The van der Waals surface area contributed by atoms with E-state index in [1.54, 1.807) is 0 Å². The largest absolute Gasteiger partial charge is 4.00 e. The van der Waals surface area contributed by atoms with Crippen LogP contribution in [-0.2, 0) is 64.8 Å². The molecule has 0 bridgehead atoms. The summed E-state index contributed by atoms with van der Waals surface area (Å²) in [5.74, 6) is 0.773. The molecule has 0 aromatic heterocycles. The Kier molecular flexibility index (Phi) is 44.4. The summed E-state index contributed by atoms with van der Waals surface area (Å²) in [6, 6.07) is 124. The van der Waals surface area contributed by atoms with Gasteiger partial charge in [0.05, 0.1) is 12.4 Å². The Labute approximate surface area is 647 Å². The molecule has 1 N–H and O–H groups in total. The molecule has 510 valence electrons. The van der Waals surface area contributed by atoms with Crippen LogP contribution in [0.1, 0.15) is 79.2 Å². The summed E-state index contributed by atoms with van der Waals surface area (Å²) in [6.45, 7) is 37.9. The topological polar surface area (TPSA) is 52.6 Å². The first kappa shape index (κ1) is 85.6. The van der Waals surface area contributed by atoms with Gasteiger partial charge in [0, 0.05) is 31.5 Å². The van der Waals surface area contributed by atoms with Gasteiger partial charge in [-0.3, -0.25) is 4.99 Å². The fraction of sp³-hybridized carbons (Fsp3) is 0.0851. The van der Waals surface area contributed by atoms with Crippen LogP contribution in [0.3, 0.4) is 0 Å². The normalized spacial score (nSPS) is 9.98. The number of hydrogen-bond acceptors (Lipinski definition) is 1. The summed E-state index contributed by atoms with van der Waals surface area (Å²) < 4.78 is 0. The van der Waals surface area contributed by atoms with E-state index in [-0.39, 0.29) is 57.6 Å². The van der Waals surface area contributed by atoms with Crippen molar-refractivity contribution >= 4 is 35.7 Å². The van der Waals surface area contributed by atoms with E-state index < -0.39 is 7.92 Å². The van der Waals surface area contributed by atoms with Crippen LogP contribution in [0.15, 0.2) is 375 Å². The number of nitrogens with zero attached hydrogens (tertiary/aromatic N) is 3. The van der Waals surface area contributed by atoms with E-state index in [4.69, 9.17) is 10.6 Å². The van der Waals surface area contributed by atoms with Crippen molar-refractivity contribution in [2.45, 2.75) is 53.6 Å². The van der Waals surface area contributed by atoms with Gasteiger partial charge in [0.25, 0.3) is 0 Å². The monoisotopic (exact) mass is 1670 g/mol. The molecular weight excluding hydrogens is 1570 g/mol. The van der Waals surface area contributed by atoms with Gasteiger partial charge in [-0.15, -0.1) is 97.2 Å². The maximum Gasteiger partial charge on any atom is 4.00 e. The van der Waals surface area contributed by atoms with Crippen LogP contribution in [-0.4, -0.2) is 11.7 Å². The van der Waals surface area contributed by atoms with E-state index in [1.807, 2.05) is 244 Å². The number of hydrogen-bond donors (Lipinski definition) is 1. The maximum atomic E-state index is 5.21. The molecule has 0 aliphatic heterocycles. The van der Waals surface area contributed by atoms with Crippen LogP contribution in [0.2, 0.25) is 0 Å². The van der Waals surface area contributed by atoms with Crippen molar-refractivity contribution in [3.63, 3.8) is 0 Å². The summed E-state index contributed by atoms with van der Waals surface area (Å²) in [5.41, 5.74) is 17.0. The van der Waals surface area contributed by atoms with Crippen molar-refractivity contribution in [1.82, 2.24) is 0 Å². The zero-order chi connectivity index (χ0) is 70.9. The maximum absolute atomic E-state index is 5.21. The number of nitrogens with one attached hydrogen (secondary N) is 1. The first-order chi connectivity index (χ1) is 48.1. The second kappa shape index (κ2) is 52.4. The van der Waals surface area contributed by atoms with Crippen molar-refractivity contribution in [2.24, 2.45) is 4.99 Å². The van der Waals surface area contributed by atoms with Crippen molar-refractivity contribution < 1.29 is 51.7 Å². The van der Waals surface area contributed by atoms with Crippen LogP contribution in [0, 0.1) is 76.2 Å². The molecule has 101 heavy (non-hydrogen) atoms. The number of anilines is 1. The zero-order valence-corrected chi connectivity index (χ0v) is 67.5. The number of aliphatic imine (C=N–C) groups is 1. The van der Waals surface area contributed by atoms with Gasteiger partial charge in [0.2, 0.25) is 0 Å². The minimum Gasteiger partial charge on any atom is -0.695 e. The summed E-state index contributed by atoms with van der Waals surface area (Å²) in [5, 5.41) is 16.3. The molecule has 13 aromatic rings. The number of rotatable bonds is 11. The smallest absolute Gasteiger partial charge is 0.695 e. The summed E-state index contributed by atoms with van der Waals surface area (Å²) in [4.78, 5) is 4.55. The molecule has 13 rings (SSSR count). The Morgan fingerprint density at radius 3 is 0.832 bits per heavy atom. The average molecular weight is 1670 g/mol. The average Bonchev–Trinajstić information content (AvgIpc) is 0.818. The molecule has 1 atom stereocenters. The summed E-state index contributed by atoms with van der Waals surface area (Å²) >= 11 is 0. The SMILES string of the molecule is CC(=NCc1ccccc1)Nc1cc(C)cc(C)c1.Cc1cc(C)cc([N-]C([N-]Cc2ccccc2)P(c2ccccc2)c2ccccc2)c1.[CH2-]c1ccccc1.[CH2-]c1ccccc1.[CH2-]c1ccccc1.[CH2-]c1ccccc1.[CH2-]c1ccccc1.[CH2-]c1ccccc1.[CH2-]c1ccccc1.[Hf+4].[Hf]. The Morgan fingerprint density at radius 2 is 0.574 bits per heavy atom. The minimum atomic E-state index is -0.787.